The van der Waals surface area contributed by atoms with Crippen LogP contribution in [0.3, 0.4) is 0 Å². The molecule has 0 bridgehead atoms. The maximum atomic E-state index is 6.03. The van der Waals surface area contributed by atoms with Gasteiger partial charge in [0.05, 0.1) is 0 Å². The van der Waals surface area contributed by atoms with Gasteiger partial charge in [-0.3, -0.25) is 0 Å². The molecule has 0 atom stereocenters. The Morgan fingerprint density at radius 2 is 0.921 bits per heavy atom. The maximum absolute atomic E-state index is 6.03. The van der Waals surface area contributed by atoms with Gasteiger partial charge in [0.25, 0.3) is 0 Å². The second-order valence-corrected chi connectivity index (χ2v) is 9.98. The molecule has 0 aliphatic carbocycles. The van der Waals surface area contributed by atoms with Crippen LogP contribution in [0.1, 0.15) is 0 Å². The van der Waals surface area contributed by atoms with Gasteiger partial charge in [0.15, 0.2) is 17.5 Å². The third kappa shape index (κ3) is 4.17. The first-order chi connectivity index (χ1) is 18.7. The molecule has 2 aromatic heterocycles. The van der Waals surface area contributed by atoms with Crippen LogP contribution >= 0.6 is 15.9 Å². The minimum atomic E-state index is 0.623. The van der Waals surface area contributed by atoms with Crippen LogP contribution in [0.2, 0.25) is 0 Å². The van der Waals surface area contributed by atoms with Crippen molar-refractivity contribution in [2.45, 2.75) is 0 Å². The van der Waals surface area contributed by atoms with Gasteiger partial charge in [-0.15, -0.1) is 0 Å². The van der Waals surface area contributed by atoms with E-state index in [1.54, 1.807) is 0 Å². The van der Waals surface area contributed by atoms with Crippen molar-refractivity contribution in [2.24, 2.45) is 0 Å². The summed E-state index contributed by atoms with van der Waals surface area (Å²) in [5.74, 6) is 1.89. The van der Waals surface area contributed by atoms with Crippen molar-refractivity contribution < 1.29 is 4.42 Å². The van der Waals surface area contributed by atoms with E-state index in [0.29, 0.717) is 17.5 Å². The van der Waals surface area contributed by atoms with Crippen molar-refractivity contribution in [1.29, 1.82) is 0 Å². The van der Waals surface area contributed by atoms with E-state index in [-0.39, 0.29) is 0 Å². The summed E-state index contributed by atoms with van der Waals surface area (Å²) in [5.41, 5.74) is 6.79. The van der Waals surface area contributed by atoms with Gasteiger partial charge in [-0.05, 0) is 47.5 Å². The molecule has 2 heterocycles. The fourth-order valence-corrected chi connectivity index (χ4v) is 4.93. The highest BCUT2D eigenvalue weighted by Gasteiger charge is 2.14. The molecule has 7 aromatic rings. The Balaban J connectivity index is 1.36. The van der Waals surface area contributed by atoms with Crippen LogP contribution in [0.25, 0.3) is 67.2 Å². The molecule has 0 radical (unpaired) electrons. The lowest BCUT2D eigenvalue weighted by Gasteiger charge is -2.09. The van der Waals surface area contributed by atoms with Crippen LogP contribution < -0.4 is 0 Å². The fraction of sp³-hybridized carbons (Fsp3) is 0. The number of fused-ring (bicyclic) bond motifs is 3. The maximum Gasteiger partial charge on any atom is 0.164 e. The van der Waals surface area contributed by atoms with Crippen molar-refractivity contribution in [3.63, 3.8) is 0 Å². The Morgan fingerprint density at radius 3 is 1.63 bits per heavy atom. The zero-order valence-electron chi connectivity index (χ0n) is 20.2. The van der Waals surface area contributed by atoms with Gasteiger partial charge < -0.3 is 4.42 Å². The molecule has 0 amide bonds. The standard InChI is InChI=1S/C33H20BrN3O/c34-26-17-14-22(15-18-26)21-10-12-24(13-11-21)32-35-31(23-6-2-1-3-7-23)36-33(37-32)25-16-19-30-28(20-25)27-8-4-5-9-29(27)38-30/h1-20H. The van der Waals surface area contributed by atoms with E-state index in [4.69, 9.17) is 19.4 Å². The number of halogens is 1. The molecule has 4 nitrogen and oxygen atoms in total. The Morgan fingerprint density at radius 1 is 0.421 bits per heavy atom. The zero-order chi connectivity index (χ0) is 25.5. The molecule has 180 valence electrons. The second-order valence-electron chi connectivity index (χ2n) is 9.07. The molecular weight excluding hydrogens is 534 g/mol. The van der Waals surface area contributed by atoms with Crippen LogP contribution in [-0.4, -0.2) is 15.0 Å². The lowest BCUT2D eigenvalue weighted by Crippen LogP contribution is -2.00. The Kier molecular flexibility index (Phi) is 5.56. The van der Waals surface area contributed by atoms with Gasteiger partial charge in [-0.2, -0.15) is 0 Å². The van der Waals surface area contributed by atoms with E-state index in [1.807, 2.05) is 72.8 Å². The molecule has 0 spiro atoms. The molecule has 0 saturated carbocycles. The highest BCUT2D eigenvalue weighted by molar-refractivity contribution is 9.10. The predicted octanol–water partition coefficient (Wildman–Crippen LogP) is 9.20. The highest BCUT2D eigenvalue weighted by atomic mass is 79.9. The van der Waals surface area contributed by atoms with Crippen LogP contribution in [-0.2, 0) is 0 Å². The van der Waals surface area contributed by atoms with Gasteiger partial charge in [0, 0.05) is 31.9 Å². The topological polar surface area (TPSA) is 51.8 Å². The van der Waals surface area contributed by atoms with Crippen molar-refractivity contribution in [1.82, 2.24) is 15.0 Å². The molecule has 5 heteroatoms. The molecule has 7 rings (SSSR count). The quantitative estimate of drug-likeness (QED) is 0.218. The summed E-state index contributed by atoms with van der Waals surface area (Å²) < 4.78 is 7.09. The summed E-state index contributed by atoms with van der Waals surface area (Å²) in [6, 6.07) is 40.8. The molecular formula is C33H20BrN3O. The van der Waals surface area contributed by atoms with Crippen molar-refractivity contribution in [3.05, 3.63) is 126 Å². The average Bonchev–Trinajstić information content (AvgIpc) is 3.36. The lowest BCUT2D eigenvalue weighted by molar-refractivity contribution is 0.669. The smallest absolute Gasteiger partial charge is 0.164 e. The number of rotatable bonds is 4. The average molecular weight is 554 g/mol. The van der Waals surface area contributed by atoms with Crippen LogP contribution in [0.5, 0.6) is 0 Å². The molecule has 5 aromatic carbocycles. The third-order valence-electron chi connectivity index (χ3n) is 6.62. The SMILES string of the molecule is Brc1ccc(-c2ccc(-c3nc(-c4ccccc4)nc(-c4ccc5oc6ccccc6c5c4)n3)cc2)cc1. The number of benzene rings is 5. The Hall–Kier alpha value is -4.61. The van der Waals surface area contributed by atoms with E-state index in [0.717, 1.165) is 54.2 Å². The van der Waals surface area contributed by atoms with Gasteiger partial charge in [-0.1, -0.05) is 101 Å². The third-order valence-corrected chi connectivity index (χ3v) is 7.15. The first-order valence-corrected chi connectivity index (χ1v) is 13.1. The first kappa shape index (κ1) is 22.6. The zero-order valence-corrected chi connectivity index (χ0v) is 21.8. The number of furan rings is 1. The predicted molar refractivity (Wildman–Crippen MR) is 157 cm³/mol. The summed E-state index contributed by atoms with van der Waals surface area (Å²) in [6.45, 7) is 0. The van der Waals surface area contributed by atoms with Crippen molar-refractivity contribution >= 4 is 37.9 Å². The van der Waals surface area contributed by atoms with Gasteiger partial charge >= 0.3 is 0 Å². The van der Waals surface area contributed by atoms with E-state index in [2.05, 4.69) is 64.5 Å². The molecule has 0 aliphatic rings. The number of aromatic nitrogens is 3. The monoisotopic (exact) mass is 553 g/mol. The van der Waals surface area contributed by atoms with Crippen LogP contribution in [0, 0.1) is 0 Å². The fourth-order valence-electron chi connectivity index (χ4n) is 4.67. The lowest BCUT2D eigenvalue weighted by atomic mass is 10.0. The number of hydrogen-bond acceptors (Lipinski definition) is 4. The summed E-state index contributed by atoms with van der Waals surface area (Å²) in [6.07, 6.45) is 0. The first-order valence-electron chi connectivity index (χ1n) is 12.3. The van der Waals surface area contributed by atoms with E-state index < -0.39 is 0 Å². The molecule has 0 aliphatic heterocycles. The van der Waals surface area contributed by atoms with E-state index in [1.165, 1.54) is 0 Å². The van der Waals surface area contributed by atoms with E-state index >= 15 is 0 Å². The van der Waals surface area contributed by atoms with Crippen molar-refractivity contribution in [3.8, 4) is 45.3 Å². The second kappa shape index (κ2) is 9.36. The molecule has 0 fully saturated rings. The summed E-state index contributed by atoms with van der Waals surface area (Å²) in [5, 5.41) is 2.12. The highest BCUT2D eigenvalue weighted by Crippen LogP contribution is 2.33. The number of nitrogens with zero attached hydrogens (tertiary/aromatic N) is 3. The number of hydrogen-bond donors (Lipinski definition) is 0. The molecule has 0 saturated heterocycles. The van der Waals surface area contributed by atoms with Gasteiger partial charge in [-0.25, -0.2) is 15.0 Å². The van der Waals surface area contributed by atoms with Crippen LogP contribution in [0.4, 0.5) is 0 Å². The molecule has 0 unspecified atom stereocenters. The van der Waals surface area contributed by atoms with Crippen LogP contribution in [0.15, 0.2) is 130 Å². The summed E-state index contributed by atoms with van der Waals surface area (Å²) >= 11 is 3.51. The number of para-hydroxylation sites is 1. The molecule has 0 N–H and O–H groups in total. The van der Waals surface area contributed by atoms with Gasteiger partial charge in [0.2, 0.25) is 0 Å². The minimum Gasteiger partial charge on any atom is -0.456 e. The van der Waals surface area contributed by atoms with E-state index in [9.17, 15) is 0 Å². The Bertz CT molecular complexity index is 1910. The van der Waals surface area contributed by atoms with Gasteiger partial charge in [0.1, 0.15) is 11.2 Å². The largest absolute Gasteiger partial charge is 0.456 e. The molecule has 38 heavy (non-hydrogen) atoms. The van der Waals surface area contributed by atoms with Crippen molar-refractivity contribution in [2.75, 3.05) is 0 Å². The summed E-state index contributed by atoms with van der Waals surface area (Å²) in [7, 11) is 0. The summed E-state index contributed by atoms with van der Waals surface area (Å²) in [4.78, 5) is 14.7. The normalized spacial score (nSPS) is 11.3. The Labute approximate surface area is 227 Å². The minimum absolute atomic E-state index is 0.623.